The van der Waals surface area contributed by atoms with E-state index in [1.165, 1.54) is 16.7 Å². The average Bonchev–Trinajstić information content (AvgIpc) is 2.96. The van der Waals surface area contributed by atoms with Gasteiger partial charge < -0.3 is 5.11 Å². The molecule has 0 saturated heterocycles. The number of nitrogens with zero attached hydrogens (tertiary/aromatic N) is 3. The van der Waals surface area contributed by atoms with E-state index in [-0.39, 0.29) is 22.0 Å². The lowest BCUT2D eigenvalue weighted by molar-refractivity contribution is 0.477. The largest absolute Gasteiger partial charge is 0.507 e. The van der Waals surface area contributed by atoms with Gasteiger partial charge in [-0.1, -0.05) is 98.3 Å². The van der Waals surface area contributed by atoms with Gasteiger partial charge in [-0.2, -0.15) is 0 Å². The lowest BCUT2D eigenvalue weighted by Crippen LogP contribution is -2.16. The number of pyridine rings is 1. The van der Waals surface area contributed by atoms with E-state index in [4.69, 9.17) is 9.97 Å². The number of hydrogen-bond acceptors (Lipinski definition) is 5. The number of hydrogen-bond donors (Lipinski definition) is 1. The van der Waals surface area contributed by atoms with Crippen molar-refractivity contribution < 1.29 is 5.11 Å². The molecule has 1 N–H and O–H groups in total. The molecule has 0 saturated carbocycles. The number of para-hydroxylation sites is 1. The predicted molar refractivity (Wildman–Crippen MR) is 184 cm³/mol. The molecule has 3 aromatic carbocycles. The second-order valence-corrected chi connectivity index (χ2v) is 15.6. The Morgan fingerprint density at radius 3 is 1.61 bits per heavy atom. The summed E-state index contributed by atoms with van der Waals surface area (Å²) < 4.78 is 0. The molecular formula is C39H43N3OS. The smallest absolute Gasteiger partial charge is 0.164 e. The highest BCUT2D eigenvalue weighted by molar-refractivity contribution is 7.99. The highest BCUT2D eigenvalue weighted by Gasteiger charge is 2.23. The monoisotopic (exact) mass is 601 g/mol. The average molecular weight is 602 g/mol. The summed E-state index contributed by atoms with van der Waals surface area (Å²) in [7, 11) is 0. The minimum absolute atomic E-state index is 0.0367. The van der Waals surface area contributed by atoms with Crippen molar-refractivity contribution in [3.05, 3.63) is 108 Å². The Balaban J connectivity index is 1.77. The van der Waals surface area contributed by atoms with Crippen molar-refractivity contribution in [2.75, 3.05) is 0 Å². The fourth-order valence-corrected chi connectivity index (χ4v) is 5.81. The van der Waals surface area contributed by atoms with Gasteiger partial charge in [-0.15, -0.1) is 0 Å². The molecule has 0 aliphatic rings. The molecule has 4 nitrogen and oxygen atoms in total. The molecule has 44 heavy (non-hydrogen) atoms. The van der Waals surface area contributed by atoms with E-state index in [1.54, 1.807) is 17.8 Å². The lowest BCUT2D eigenvalue weighted by atomic mass is 9.79. The number of aromatic hydroxyl groups is 1. The van der Waals surface area contributed by atoms with Gasteiger partial charge >= 0.3 is 0 Å². The van der Waals surface area contributed by atoms with Crippen LogP contribution in [-0.4, -0.2) is 20.1 Å². The minimum atomic E-state index is -0.0749. The summed E-state index contributed by atoms with van der Waals surface area (Å²) >= 11 is 1.65. The zero-order valence-corrected chi connectivity index (χ0v) is 28.2. The first kappa shape index (κ1) is 31.5. The van der Waals surface area contributed by atoms with Crippen LogP contribution in [0.1, 0.15) is 79.0 Å². The van der Waals surface area contributed by atoms with Gasteiger partial charge in [-0.25, -0.2) is 15.0 Å². The summed E-state index contributed by atoms with van der Waals surface area (Å²) in [5.41, 5.74) is 7.85. The number of aromatic nitrogens is 3. The van der Waals surface area contributed by atoms with Crippen molar-refractivity contribution in [1.82, 2.24) is 15.0 Å². The lowest BCUT2D eigenvalue weighted by Gasteiger charge is -2.26. The molecule has 0 bridgehead atoms. The van der Waals surface area contributed by atoms with E-state index < -0.39 is 0 Å². The van der Waals surface area contributed by atoms with E-state index in [9.17, 15) is 5.11 Å². The molecule has 0 amide bonds. The van der Waals surface area contributed by atoms with Gasteiger partial charge in [0.05, 0.1) is 17.0 Å². The first-order valence-electron chi connectivity index (χ1n) is 15.2. The summed E-state index contributed by atoms with van der Waals surface area (Å²) in [6.45, 7) is 20.2. The van der Waals surface area contributed by atoms with Gasteiger partial charge in [0.25, 0.3) is 0 Å². The Morgan fingerprint density at radius 2 is 1.09 bits per heavy atom. The van der Waals surface area contributed by atoms with Gasteiger partial charge in [-0.3, -0.25) is 0 Å². The highest BCUT2D eigenvalue weighted by atomic mass is 32.2. The van der Waals surface area contributed by atoms with E-state index >= 15 is 0 Å². The molecular weight excluding hydrogens is 559 g/mol. The van der Waals surface area contributed by atoms with Crippen molar-refractivity contribution in [3.63, 3.8) is 0 Å². The maximum absolute atomic E-state index is 10.9. The van der Waals surface area contributed by atoms with Gasteiger partial charge in [0.15, 0.2) is 5.82 Å². The molecule has 0 unspecified atom stereocenters. The molecule has 0 aliphatic heterocycles. The second kappa shape index (κ2) is 11.9. The van der Waals surface area contributed by atoms with Crippen molar-refractivity contribution >= 4 is 11.8 Å². The predicted octanol–water partition coefficient (Wildman–Crippen LogP) is 10.6. The number of benzene rings is 3. The normalized spacial score (nSPS) is 12.4. The third kappa shape index (κ3) is 7.22. The zero-order valence-electron chi connectivity index (χ0n) is 27.4. The third-order valence-electron chi connectivity index (χ3n) is 7.76. The van der Waals surface area contributed by atoms with Crippen LogP contribution in [0.15, 0.2) is 101 Å². The summed E-state index contributed by atoms with van der Waals surface area (Å²) in [6, 6.07) is 28.8. The highest BCUT2D eigenvalue weighted by Crippen LogP contribution is 2.39. The third-order valence-corrected chi connectivity index (χ3v) is 8.68. The van der Waals surface area contributed by atoms with Crippen LogP contribution in [0.4, 0.5) is 0 Å². The molecule has 0 atom stereocenters. The Labute approximate surface area is 267 Å². The van der Waals surface area contributed by atoms with Crippen LogP contribution in [0.5, 0.6) is 5.75 Å². The van der Waals surface area contributed by atoms with Crippen LogP contribution < -0.4 is 0 Å². The quantitative estimate of drug-likeness (QED) is 0.217. The maximum Gasteiger partial charge on any atom is 0.164 e. The topological polar surface area (TPSA) is 58.9 Å². The Kier molecular flexibility index (Phi) is 8.48. The van der Waals surface area contributed by atoms with E-state index in [2.05, 4.69) is 110 Å². The molecule has 2 aromatic heterocycles. The minimum Gasteiger partial charge on any atom is -0.507 e. The zero-order chi connectivity index (χ0) is 31.9. The molecule has 5 aromatic rings. The van der Waals surface area contributed by atoms with E-state index in [0.717, 1.165) is 32.4 Å². The Bertz CT molecular complexity index is 1760. The molecule has 0 fully saturated rings. The van der Waals surface area contributed by atoms with Crippen LogP contribution in [0, 0.1) is 0 Å². The van der Waals surface area contributed by atoms with Crippen molar-refractivity contribution in [2.45, 2.75) is 88.5 Å². The summed E-state index contributed by atoms with van der Waals surface area (Å²) in [6.07, 6.45) is 1.82. The van der Waals surface area contributed by atoms with Crippen molar-refractivity contribution in [2.24, 2.45) is 0 Å². The van der Waals surface area contributed by atoms with Crippen molar-refractivity contribution in [1.29, 1.82) is 0 Å². The van der Waals surface area contributed by atoms with Crippen LogP contribution >= 0.6 is 11.8 Å². The molecule has 2 heterocycles. The van der Waals surface area contributed by atoms with Crippen molar-refractivity contribution in [3.8, 4) is 39.7 Å². The number of rotatable bonds is 5. The first-order valence-corrected chi connectivity index (χ1v) is 16.0. The first-order chi connectivity index (χ1) is 20.6. The van der Waals surface area contributed by atoms with Crippen LogP contribution in [0.25, 0.3) is 33.9 Å². The summed E-state index contributed by atoms with van der Waals surface area (Å²) in [4.78, 5) is 15.8. The molecule has 0 aliphatic carbocycles. The molecule has 5 heteroatoms. The second-order valence-electron chi connectivity index (χ2n) is 14.5. The summed E-state index contributed by atoms with van der Waals surface area (Å²) in [5, 5.41) is 11.8. The maximum atomic E-state index is 10.9. The van der Waals surface area contributed by atoms with Crippen LogP contribution in [-0.2, 0) is 16.2 Å². The number of phenolic OH excluding ortho intramolecular Hbond substituents is 1. The van der Waals surface area contributed by atoms with Gasteiger partial charge in [0, 0.05) is 22.2 Å². The Hall–Kier alpha value is -3.96. The summed E-state index contributed by atoms with van der Waals surface area (Å²) in [5.74, 6) is 0.651. The molecule has 5 rings (SSSR count). The van der Waals surface area contributed by atoms with E-state index in [0.29, 0.717) is 11.4 Å². The van der Waals surface area contributed by atoms with Gasteiger partial charge in [0.2, 0.25) is 0 Å². The molecule has 0 radical (unpaired) electrons. The van der Waals surface area contributed by atoms with E-state index in [1.807, 2.05) is 42.6 Å². The van der Waals surface area contributed by atoms with Gasteiger partial charge in [-0.05, 0) is 93.6 Å². The standard InChI is InChI=1S/C39H43N3OS/c1-37(2,3)27-18-25(19-28(22-27)38(4,5)6)32-24-33(42-36(41-32)31-14-10-11-15-34(31)43)26-20-29(39(7,8)9)23-30(21-26)44-35-16-12-13-17-40-35/h10-24,43H,1-9H3. The van der Waals surface area contributed by atoms with Crippen LogP contribution in [0.2, 0.25) is 0 Å². The SMILES string of the molecule is CC(C)(C)c1cc(Sc2ccccn2)cc(-c2cc(-c3cc(C(C)(C)C)cc(C(C)(C)C)c3)nc(-c3ccccc3O)n2)c1. The van der Waals surface area contributed by atoms with Crippen LogP contribution in [0.3, 0.4) is 0 Å². The fraction of sp³-hybridized carbons (Fsp3) is 0.308. The molecule has 226 valence electrons. The Morgan fingerprint density at radius 1 is 0.568 bits per heavy atom. The van der Waals surface area contributed by atoms with Gasteiger partial charge in [0.1, 0.15) is 10.8 Å². The number of phenols is 1. The molecule has 0 spiro atoms. The fourth-order valence-electron chi connectivity index (χ4n) is 4.93.